The van der Waals surface area contributed by atoms with Crippen molar-refractivity contribution in [2.45, 2.75) is 19.6 Å². The van der Waals surface area contributed by atoms with Gasteiger partial charge < -0.3 is 9.64 Å². The summed E-state index contributed by atoms with van der Waals surface area (Å²) in [4.78, 5) is 16.9. The number of rotatable bonds is 4. The molecule has 2 fully saturated rings. The first-order chi connectivity index (χ1) is 12.8. The molecule has 0 spiro atoms. The van der Waals surface area contributed by atoms with E-state index in [0.29, 0.717) is 18.4 Å². The van der Waals surface area contributed by atoms with E-state index in [1.807, 2.05) is 35.2 Å². The van der Waals surface area contributed by atoms with E-state index < -0.39 is 0 Å². The number of amides is 1. The number of hydrogen-bond acceptors (Lipinski definition) is 3. The number of piperidine rings is 1. The van der Waals surface area contributed by atoms with Crippen LogP contribution in [0.3, 0.4) is 0 Å². The zero-order chi connectivity index (χ0) is 17.8. The number of likely N-dealkylation sites (tertiary alicyclic amines) is 2. The Morgan fingerprint density at radius 3 is 2.27 bits per heavy atom. The number of carbonyl (C=O) groups excluding carboxylic acids is 1. The maximum atomic E-state index is 12.4. The van der Waals surface area contributed by atoms with E-state index in [2.05, 4.69) is 35.2 Å². The summed E-state index contributed by atoms with van der Waals surface area (Å²) in [6.07, 6.45) is 0.998. The zero-order valence-electron chi connectivity index (χ0n) is 15.1. The van der Waals surface area contributed by atoms with Crippen LogP contribution in [0, 0.1) is 11.8 Å². The molecule has 136 valence electrons. The van der Waals surface area contributed by atoms with E-state index in [4.69, 9.17) is 4.74 Å². The van der Waals surface area contributed by atoms with Gasteiger partial charge >= 0.3 is 6.09 Å². The van der Waals surface area contributed by atoms with E-state index in [1.54, 1.807) is 0 Å². The molecule has 0 bridgehead atoms. The fourth-order valence-corrected chi connectivity index (χ4v) is 4.19. The first kappa shape index (κ1) is 17.1. The minimum atomic E-state index is -0.169. The predicted molar refractivity (Wildman–Crippen MR) is 102 cm³/mol. The molecule has 0 N–H and O–H groups in total. The van der Waals surface area contributed by atoms with Crippen molar-refractivity contribution < 1.29 is 9.53 Å². The molecule has 4 nitrogen and oxygen atoms in total. The van der Waals surface area contributed by atoms with Crippen LogP contribution in [0.25, 0.3) is 0 Å². The lowest BCUT2D eigenvalue weighted by atomic mass is 9.88. The van der Waals surface area contributed by atoms with Crippen LogP contribution in [0.5, 0.6) is 0 Å². The summed E-state index contributed by atoms with van der Waals surface area (Å²) in [6, 6.07) is 20.5. The number of hydrogen-bond donors (Lipinski definition) is 0. The Kier molecular flexibility index (Phi) is 5.21. The minimum Gasteiger partial charge on any atom is -0.445 e. The first-order valence-electron chi connectivity index (χ1n) is 9.50. The van der Waals surface area contributed by atoms with Crippen molar-refractivity contribution in [3.63, 3.8) is 0 Å². The van der Waals surface area contributed by atoms with Crippen molar-refractivity contribution >= 4 is 6.09 Å². The van der Waals surface area contributed by atoms with Gasteiger partial charge in [0.1, 0.15) is 6.61 Å². The van der Waals surface area contributed by atoms with Crippen molar-refractivity contribution in [3.05, 3.63) is 71.8 Å². The van der Waals surface area contributed by atoms with Crippen LogP contribution in [0.1, 0.15) is 17.5 Å². The highest BCUT2D eigenvalue weighted by Gasteiger charge is 2.39. The Labute approximate surface area is 155 Å². The average Bonchev–Trinajstić information content (AvgIpc) is 3.11. The largest absolute Gasteiger partial charge is 0.445 e. The minimum absolute atomic E-state index is 0.169. The van der Waals surface area contributed by atoms with Crippen molar-refractivity contribution in [2.24, 2.45) is 11.8 Å². The van der Waals surface area contributed by atoms with Crippen molar-refractivity contribution in [1.82, 2.24) is 9.80 Å². The number of benzene rings is 2. The smallest absolute Gasteiger partial charge is 0.410 e. The lowest BCUT2D eigenvalue weighted by molar-refractivity contribution is 0.102. The number of nitrogens with zero attached hydrogens (tertiary/aromatic N) is 2. The maximum absolute atomic E-state index is 12.4. The molecule has 2 aliphatic rings. The Hall–Kier alpha value is -2.33. The Bertz CT molecular complexity index is 719. The molecular weight excluding hydrogens is 324 g/mol. The Morgan fingerprint density at radius 1 is 0.885 bits per heavy atom. The molecule has 26 heavy (non-hydrogen) atoms. The number of ether oxygens (including phenoxy) is 1. The highest BCUT2D eigenvalue weighted by Crippen LogP contribution is 2.32. The summed E-state index contributed by atoms with van der Waals surface area (Å²) in [5.74, 6) is 1.18. The molecule has 4 heteroatoms. The van der Waals surface area contributed by atoms with Gasteiger partial charge in [0.25, 0.3) is 0 Å². The highest BCUT2D eigenvalue weighted by atomic mass is 16.6. The molecule has 2 heterocycles. The third-order valence-corrected chi connectivity index (χ3v) is 5.60. The second kappa shape index (κ2) is 7.92. The summed E-state index contributed by atoms with van der Waals surface area (Å²) in [5.41, 5.74) is 2.40. The average molecular weight is 350 g/mol. The second-order valence-electron chi connectivity index (χ2n) is 7.47. The van der Waals surface area contributed by atoms with Crippen LogP contribution < -0.4 is 0 Å². The van der Waals surface area contributed by atoms with E-state index >= 15 is 0 Å². The van der Waals surface area contributed by atoms with Crippen LogP contribution >= 0.6 is 0 Å². The number of fused-ring (bicyclic) bond motifs is 1. The van der Waals surface area contributed by atoms with Gasteiger partial charge in [0.15, 0.2) is 0 Å². The summed E-state index contributed by atoms with van der Waals surface area (Å²) in [6.45, 7) is 5.21. The normalized spacial score (nSPS) is 22.8. The molecule has 1 amide bonds. The lowest BCUT2D eigenvalue weighted by Crippen LogP contribution is -2.39. The van der Waals surface area contributed by atoms with Gasteiger partial charge in [0.05, 0.1) is 0 Å². The fraction of sp³-hybridized carbons (Fsp3) is 0.409. The van der Waals surface area contributed by atoms with Crippen LogP contribution in [0.2, 0.25) is 0 Å². The third kappa shape index (κ3) is 4.07. The molecule has 0 aliphatic carbocycles. The zero-order valence-corrected chi connectivity index (χ0v) is 15.1. The molecule has 4 rings (SSSR count). The van der Waals surface area contributed by atoms with Crippen LogP contribution in [0.4, 0.5) is 4.79 Å². The molecule has 2 aromatic rings. The monoisotopic (exact) mass is 350 g/mol. The standard InChI is InChI=1S/C22H26N2O2/c25-22(26-17-19-9-5-2-6-10-19)24-15-20-11-12-23(14-21(20)16-24)13-18-7-3-1-4-8-18/h1-10,20-21H,11-17H2. The molecule has 2 unspecified atom stereocenters. The van der Waals surface area contributed by atoms with Gasteiger partial charge in [0.2, 0.25) is 0 Å². The highest BCUT2D eigenvalue weighted by molar-refractivity contribution is 5.68. The molecular formula is C22H26N2O2. The van der Waals surface area contributed by atoms with Gasteiger partial charge in [-0.05, 0) is 35.9 Å². The van der Waals surface area contributed by atoms with Gasteiger partial charge in [-0.3, -0.25) is 4.90 Å². The first-order valence-corrected chi connectivity index (χ1v) is 9.50. The van der Waals surface area contributed by atoms with E-state index in [-0.39, 0.29) is 6.09 Å². The van der Waals surface area contributed by atoms with Crippen molar-refractivity contribution in [2.75, 3.05) is 26.2 Å². The van der Waals surface area contributed by atoms with E-state index in [9.17, 15) is 4.79 Å². The molecule has 0 aromatic heterocycles. The van der Waals surface area contributed by atoms with Crippen LogP contribution in [-0.2, 0) is 17.9 Å². The van der Waals surface area contributed by atoms with Gasteiger partial charge in [0, 0.05) is 26.2 Å². The lowest BCUT2D eigenvalue weighted by Gasteiger charge is -2.34. The van der Waals surface area contributed by atoms with E-state index in [0.717, 1.165) is 38.3 Å². The third-order valence-electron chi connectivity index (χ3n) is 5.60. The topological polar surface area (TPSA) is 32.8 Å². The quantitative estimate of drug-likeness (QED) is 0.841. The molecule has 2 saturated heterocycles. The van der Waals surface area contributed by atoms with Gasteiger partial charge in [-0.15, -0.1) is 0 Å². The maximum Gasteiger partial charge on any atom is 0.410 e. The van der Waals surface area contributed by atoms with Gasteiger partial charge in [-0.2, -0.15) is 0 Å². The molecule has 2 aromatic carbocycles. The molecule has 2 aliphatic heterocycles. The molecule has 0 radical (unpaired) electrons. The Balaban J connectivity index is 1.28. The Morgan fingerprint density at radius 2 is 1.54 bits per heavy atom. The van der Waals surface area contributed by atoms with Crippen LogP contribution in [0.15, 0.2) is 60.7 Å². The predicted octanol–water partition coefficient (Wildman–Crippen LogP) is 3.78. The van der Waals surface area contributed by atoms with Crippen LogP contribution in [-0.4, -0.2) is 42.1 Å². The second-order valence-corrected chi connectivity index (χ2v) is 7.47. The summed E-state index contributed by atoms with van der Waals surface area (Å²) in [7, 11) is 0. The summed E-state index contributed by atoms with van der Waals surface area (Å²) < 4.78 is 5.51. The fourth-order valence-electron chi connectivity index (χ4n) is 4.19. The SMILES string of the molecule is O=C(OCc1ccccc1)N1CC2CCN(Cc3ccccc3)CC2C1. The van der Waals surface area contributed by atoms with Gasteiger partial charge in [-0.25, -0.2) is 4.79 Å². The summed E-state index contributed by atoms with van der Waals surface area (Å²) in [5, 5.41) is 0. The summed E-state index contributed by atoms with van der Waals surface area (Å²) >= 11 is 0. The van der Waals surface area contributed by atoms with Crippen molar-refractivity contribution in [3.8, 4) is 0 Å². The van der Waals surface area contributed by atoms with Crippen molar-refractivity contribution in [1.29, 1.82) is 0 Å². The molecule has 0 saturated carbocycles. The van der Waals surface area contributed by atoms with Gasteiger partial charge in [-0.1, -0.05) is 60.7 Å². The number of carbonyl (C=O) groups is 1. The van der Waals surface area contributed by atoms with E-state index in [1.165, 1.54) is 12.0 Å². The molecule has 2 atom stereocenters.